The second kappa shape index (κ2) is 29.5. The molecule has 0 aromatic carbocycles. The van der Waals surface area contributed by atoms with Gasteiger partial charge in [-0.05, 0) is 0 Å². The van der Waals surface area contributed by atoms with Crippen molar-refractivity contribution in [2.45, 2.75) is 73.6 Å². The largest absolute Gasteiger partial charge is 0.0776 e. The Balaban J connectivity index is -0.0000000480. The van der Waals surface area contributed by atoms with Gasteiger partial charge in [-0.25, -0.2) is 0 Å². The molecule has 0 aromatic rings. The molecule has 0 nitrogen and oxygen atoms in total. The fourth-order valence-corrected chi connectivity index (χ4v) is 1.06. The van der Waals surface area contributed by atoms with Crippen LogP contribution in [-0.4, -0.2) is 0 Å². The van der Waals surface area contributed by atoms with Gasteiger partial charge in [0.1, 0.15) is 0 Å². The Morgan fingerprint density at radius 1 is 0.500 bits per heavy atom. The van der Waals surface area contributed by atoms with Crippen molar-refractivity contribution in [3.05, 3.63) is 0 Å². The van der Waals surface area contributed by atoms with Gasteiger partial charge < -0.3 is 0 Å². The van der Waals surface area contributed by atoms with Crippen molar-refractivity contribution in [2.24, 2.45) is 0 Å². The fraction of sp³-hybridized carbons (Fsp3) is 1.00. The average Bonchev–Trinajstić information content (AvgIpc) is 2.14. The van der Waals surface area contributed by atoms with E-state index < -0.39 is 0 Å². The summed E-state index contributed by atoms with van der Waals surface area (Å²) in [5.74, 6) is 0. The molecule has 80 valence electrons. The Bertz CT molecular complexity index is 20.5. The fourth-order valence-electron chi connectivity index (χ4n) is 1.06. The first-order chi connectivity index (χ1) is 5.00. The summed E-state index contributed by atoms with van der Waals surface area (Å²) < 4.78 is 0. The van der Waals surface area contributed by atoms with Gasteiger partial charge in [0.15, 0.2) is 0 Å². The number of hydrogen-bond acceptors (Lipinski definition) is 0. The molecule has 0 atom stereocenters. The van der Waals surface area contributed by atoms with Crippen LogP contribution in [-0.2, 0) is 0 Å². The third kappa shape index (κ3) is 22.5. The molecule has 12 heavy (non-hydrogen) atoms. The molecule has 0 saturated heterocycles. The van der Waals surface area contributed by atoms with Crippen LogP contribution < -0.4 is 0 Å². The monoisotopic (exact) mass is 200 g/mol. The second-order valence-electron chi connectivity index (χ2n) is 2.12. The van der Waals surface area contributed by atoms with E-state index in [2.05, 4.69) is 0 Å². The first-order valence-corrected chi connectivity index (χ1v) is 5.00. The van der Waals surface area contributed by atoms with Gasteiger partial charge in [0.25, 0.3) is 0 Å². The summed E-state index contributed by atoms with van der Waals surface area (Å²) in [7, 11) is 0. The van der Waals surface area contributed by atoms with Crippen LogP contribution in [0.5, 0.6) is 0 Å². The molecule has 1 rings (SSSR count). The van der Waals surface area contributed by atoms with Crippen LogP contribution in [0.3, 0.4) is 0 Å². The van der Waals surface area contributed by atoms with E-state index in [1.807, 2.05) is 27.7 Å². The second-order valence-corrected chi connectivity index (χ2v) is 2.12. The summed E-state index contributed by atoms with van der Waals surface area (Å²) in [6.45, 7) is 8.00. The Labute approximate surface area is 111 Å². The Morgan fingerprint density at radius 3 is 0.667 bits per heavy atom. The maximum Gasteiger partial charge on any atom is 0 e. The van der Waals surface area contributed by atoms with Crippen LogP contribution in [0.2, 0.25) is 0 Å². The molecule has 0 radical (unpaired) electrons. The van der Waals surface area contributed by atoms with E-state index in [1.54, 1.807) is 0 Å². The van der Waals surface area contributed by atoms with Crippen molar-refractivity contribution >= 4 is 0 Å². The molecular weight excluding hydrogens is 172 g/mol. The third-order valence-corrected chi connectivity index (χ3v) is 1.50. The molecule has 0 aromatic heterocycles. The molecule has 1 fully saturated rings. The molecule has 0 N–H and O–H groups in total. The molecule has 0 spiro atoms. The van der Waals surface area contributed by atoms with Gasteiger partial charge in [-0.15, -0.1) is 0 Å². The molecule has 0 unspecified atom stereocenters. The molecule has 0 amide bonds. The van der Waals surface area contributed by atoms with Crippen LogP contribution >= 0.6 is 0 Å². The van der Waals surface area contributed by atoms with Crippen molar-refractivity contribution in [1.82, 2.24) is 0 Å². The topological polar surface area (TPSA) is 0 Å². The summed E-state index contributed by atoms with van der Waals surface area (Å²) in [5.41, 5.74) is 0. The normalized spacial score (nSPS) is 13.0. The molecular formula is C11H28Ar. The molecule has 1 aliphatic rings. The van der Waals surface area contributed by atoms with Crippen LogP contribution in [0.1, 0.15) is 73.6 Å². The van der Waals surface area contributed by atoms with E-state index in [0.29, 0.717) is 0 Å². The first kappa shape index (κ1) is 23.2. The van der Waals surface area contributed by atoms with Crippen LogP contribution in [0, 0.1) is 37.7 Å². The van der Waals surface area contributed by atoms with E-state index in [9.17, 15) is 0 Å². The van der Waals surface area contributed by atoms with Gasteiger partial charge in [0.05, 0.1) is 0 Å². The van der Waals surface area contributed by atoms with E-state index in [4.69, 9.17) is 0 Å². The summed E-state index contributed by atoms with van der Waals surface area (Å²) in [6.07, 6.45) is 9.00. The van der Waals surface area contributed by atoms with Crippen molar-refractivity contribution in [2.75, 3.05) is 0 Å². The van der Waals surface area contributed by atoms with Crippen LogP contribution in [0.25, 0.3) is 0 Å². The summed E-state index contributed by atoms with van der Waals surface area (Å²) >= 11 is 0. The first-order valence-electron chi connectivity index (χ1n) is 5.00. The summed E-state index contributed by atoms with van der Waals surface area (Å²) in [5, 5.41) is 0. The molecule has 1 heteroatoms. The Morgan fingerprint density at radius 2 is 0.583 bits per heavy atom. The van der Waals surface area contributed by atoms with Crippen molar-refractivity contribution in [3.63, 3.8) is 0 Å². The minimum Gasteiger partial charge on any atom is -0.0776 e. The Kier molecular flexibility index (Phi) is 57.1. The summed E-state index contributed by atoms with van der Waals surface area (Å²) in [4.78, 5) is 0. The van der Waals surface area contributed by atoms with E-state index in [0.717, 1.165) is 0 Å². The van der Waals surface area contributed by atoms with Gasteiger partial charge in [-0.3, -0.25) is 0 Å². The van der Waals surface area contributed by atoms with Gasteiger partial charge in [-0.1, -0.05) is 73.6 Å². The van der Waals surface area contributed by atoms with Crippen molar-refractivity contribution in [1.29, 1.82) is 0 Å². The van der Waals surface area contributed by atoms with Gasteiger partial charge in [0, 0.05) is 37.7 Å². The average molecular weight is 200 g/mol. The zero-order valence-corrected chi connectivity index (χ0v) is 9.30. The van der Waals surface area contributed by atoms with E-state index in [1.165, 1.54) is 38.5 Å². The number of rotatable bonds is 0. The minimum atomic E-state index is 0. The van der Waals surface area contributed by atoms with Crippen molar-refractivity contribution < 1.29 is 37.7 Å². The van der Waals surface area contributed by atoms with Gasteiger partial charge in [-0.2, -0.15) is 0 Å². The predicted molar refractivity (Wildman–Crippen MR) is 57.1 cm³/mol. The molecule has 1 saturated carbocycles. The van der Waals surface area contributed by atoms with E-state index in [-0.39, 0.29) is 45.2 Å². The molecule has 0 aliphatic heterocycles. The molecule has 1 aliphatic carbocycles. The standard InChI is InChI=1S/C6H12.2C2H6.CH4.Ar/c1-2-4-6-5-3-1;2*1-2;;/h1-6H2;2*1-2H3;1H4;. The molecule has 0 bridgehead atoms. The number of hydrogen-bond donors (Lipinski definition) is 0. The van der Waals surface area contributed by atoms with Crippen molar-refractivity contribution in [3.8, 4) is 0 Å². The zero-order valence-electron chi connectivity index (χ0n) is 8.60. The maximum absolute atomic E-state index is 2.00. The van der Waals surface area contributed by atoms with Crippen LogP contribution in [0.15, 0.2) is 0 Å². The van der Waals surface area contributed by atoms with Gasteiger partial charge >= 0.3 is 0 Å². The molecule has 0 heterocycles. The SMILES string of the molecule is C.C1CCCCC1.CC.CC.[Ar]. The Hall–Kier alpha value is 1.26. The van der Waals surface area contributed by atoms with Gasteiger partial charge in [0.2, 0.25) is 0 Å². The third-order valence-electron chi connectivity index (χ3n) is 1.50. The zero-order chi connectivity index (χ0) is 8.24. The van der Waals surface area contributed by atoms with Crippen LogP contribution in [0.4, 0.5) is 0 Å². The quantitative estimate of drug-likeness (QED) is 0.514. The van der Waals surface area contributed by atoms with E-state index >= 15 is 0 Å². The maximum atomic E-state index is 2.00. The summed E-state index contributed by atoms with van der Waals surface area (Å²) in [6, 6.07) is 0. The minimum absolute atomic E-state index is 0. The predicted octanol–water partition coefficient (Wildman–Crippen LogP) is 5.03. The smallest absolute Gasteiger partial charge is 0 e.